The molecule has 0 radical (unpaired) electrons. The van der Waals surface area contributed by atoms with E-state index in [0.29, 0.717) is 18.9 Å². The number of ether oxygens (including phenoxy) is 2. The fourth-order valence-corrected chi connectivity index (χ4v) is 3.34. The number of para-hydroxylation sites is 1. The number of nitrogens with zero attached hydrogens (tertiary/aromatic N) is 2. The van der Waals surface area contributed by atoms with Gasteiger partial charge in [-0.2, -0.15) is 0 Å². The second-order valence-corrected chi connectivity index (χ2v) is 7.28. The van der Waals surface area contributed by atoms with E-state index in [1.807, 2.05) is 12.1 Å². The van der Waals surface area contributed by atoms with E-state index in [4.69, 9.17) is 9.47 Å². The summed E-state index contributed by atoms with van der Waals surface area (Å²) in [5.41, 5.74) is 1.90. The second-order valence-electron chi connectivity index (χ2n) is 7.28. The molecule has 3 aromatic rings. The number of morpholine rings is 1. The minimum absolute atomic E-state index is 0.0865. The van der Waals surface area contributed by atoms with E-state index in [1.165, 1.54) is 24.4 Å². The minimum atomic E-state index is -0.750. The fraction of sp³-hybridized carbons (Fsp3) is 0.208. The van der Waals surface area contributed by atoms with Gasteiger partial charge >= 0.3 is 5.97 Å². The SMILES string of the molecule is O=C(COC(=O)c1cccnc1Nc1ccccc1F)Nc1ccc(N2CCOCC2)cc1. The maximum atomic E-state index is 13.9. The average Bonchev–Trinajstić information content (AvgIpc) is 2.85. The minimum Gasteiger partial charge on any atom is -0.452 e. The Morgan fingerprint density at radius 1 is 1.03 bits per heavy atom. The fourth-order valence-electron chi connectivity index (χ4n) is 3.34. The van der Waals surface area contributed by atoms with Gasteiger partial charge in [-0.1, -0.05) is 12.1 Å². The predicted molar refractivity (Wildman–Crippen MR) is 122 cm³/mol. The molecule has 1 aromatic heterocycles. The first-order valence-electron chi connectivity index (χ1n) is 10.5. The van der Waals surface area contributed by atoms with Crippen molar-refractivity contribution in [2.45, 2.75) is 0 Å². The zero-order valence-corrected chi connectivity index (χ0v) is 17.8. The first-order valence-corrected chi connectivity index (χ1v) is 10.5. The highest BCUT2D eigenvalue weighted by Gasteiger charge is 2.17. The molecule has 0 atom stereocenters. The van der Waals surface area contributed by atoms with Gasteiger partial charge in [-0.05, 0) is 48.5 Å². The topological polar surface area (TPSA) is 92.8 Å². The van der Waals surface area contributed by atoms with Gasteiger partial charge in [-0.25, -0.2) is 14.2 Å². The van der Waals surface area contributed by atoms with E-state index >= 15 is 0 Å². The molecule has 1 saturated heterocycles. The summed E-state index contributed by atoms with van der Waals surface area (Å²) in [6, 6.07) is 16.5. The predicted octanol–water partition coefficient (Wildman–Crippen LogP) is 3.60. The van der Waals surface area contributed by atoms with E-state index in [0.717, 1.165) is 18.8 Å². The third-order valence-electron chi connectivity index (χ3n) is 5.02. The lowest BCUT2D eigenvalue weighted by Crippen LogP contribution is -2.36. The van der Waals surface area contributed by atoms with Crippen LogP contribution in [-0.4, -0.2) is 49.8 Å². The molecule has 1 aliphatic rings. The number of hydrogen-bond acceptors (Lipinski definition) is 7. The highest BCUT2D eigenvalue weighted by Crippen LogP contribution is 2.22. The lowest BCUT2D eigenvalue weighted by Gasteiger charge is -2.28. The molecule has 0 saturated carbocycles. The van der Waals surface area contributed by atoms with Crippen LogP contribution in [0.3, 0.4) is 0 Å². The van der Waals surface area contributed by atoms with Crippen LogP contribution in [-0.2, 0) is 14.3 Å². The molecule has 0 spiro atoms. The van der Waals surface area contributed by atoms with Crippen LogP contribution in [0.1, 0.15) is 10.4 Å². The largest absolute Gasteiger partial charge is 0.452 e. The van der Waals surface area contributed by atoms with Gasteiger partial charge in [-0.15, -0.1) is 0 Å². The van der Waals surface area contributed by atoms with Crippen molar-refractivity contribution in [2.24, 2.45) is 0 Å². The molecular weight excluding hydrogens is 427 g/mol. The molecule has 1 aliphatic heterocycles. The van der Waals surface area contributed by atoms with Gasteiger partial charge in [0.1, 0.15) is 17.2 Å². The number of carbonyl (C=O) groups excluding carboxylic acids is 2. The molecule has 0 aliphatic carbocycles. The third-order valence-corrected chi connectivity index (χ3v) is 5.02. The number of benzene rings is 2. The Labute approximate surface area is 190 Å². The smallest absolute Gasteiger partial charge is 0.342 e. The summed E-state index contributed by atoms with van der Waals surface area (Å²) in [6.45, 7) is 2.56. The van der Waals surface area contributed by atoms with E-state index in [-0.39, 0.29) is 17.1 Å². The van der Waals surface area contributed by atoms with Gasteiger partial charge in [0.15, 0.2) is 6.61 Å². The van der Waals surface area contributed by atoms with Crippen LogP contribution < -0.4 is 15.5 Å². The maximum absolute atomic E-state index is 13.9. The third kappa shape index (κ3) is 5.83. The van der Waals surface area contributed by atoms with Crippen LogP contribution >= 0.6 is 0 Å². The number of amides is 1. The number of halogens is 1. The Balaban J connectivity index is 1.32. The Morgan fingerprint density at radius 2 is 1.79 bits per heavy atom. The van der Waals surface area contributed by atoms with Crippen LogP contribution in [0, 0.1) is 5.82 Å². The van der Waals surface area contributed by atoms with Crippen LogP contribution in [0.2, 0.25) is 0 Å². The zero-order chi connectivity index (χ0) is 23.0. The van der Waals surface area contributed by atoms with Gasteiger partial charge in [0.25, 0.3) is 5.91 Å². The summed E-state index contributed by atoms with van der Waals surface area (Å²) in [5, 5.41) is 5.48. The first kappa shape index (κ1) is 22.2. The summed E-state index contributed by atoms with van der Waals surface area (Å²) in [7, 11) is 0. The monoisotopic (exact) mass is 450 g/mol. The van der Waals surface area contributed by atoms with E-state index in [2.05, 4.69) is 20.5 Å². The van der Waals surface area contributed by atoms with Crippen LogP contribution in [0.25, 0.3) is 0 Å². The molecule has 2 N–H and O–H groups in total. The number of nitrogens with one attached hydrogen (secondary N) is 2. The number of hydrogen-bond donors (Lipinski definition) is 2. The quantitative estimate of drug-likeness (QED) is 0.532. The lowest BCUT2D eigenvalue weighted by atomic mass is 10.2. The highest BCUT2D eigenvalue weighted by atomic mass is 19.1. The molecule has 8 nitrogen and oxygen atoms in total. The lowest BCUT2D eigenvalue weighted by molar-refractivity contribution is -0.119. The normalized spacial score (nSPS) is 13.3. The molecule has 33 heavy (non-hydrogen) atoms. The molecule has 170 valence electrons. The van der Waals surface area contributed by atoms with Crippen LogP contribution in [0.15, 0.2) is 66.9 Å². The number of aromatic nitrogens is 1. The van der Waals surface area contributed by atoms with Gasteiger partial charge in [0, 0.05) is 30.7 Å². The van der Waals surface area contributed by atoms with Crippen molar-refractivity contribution in [1.82, 2.24) is 4.98 Å². The number of anilines is 4. The summed E-state index contributed by atoms with van der Waals surface area (Å²) >= 11 is 0. The highest BCUT2D eigenvalue weighted by molar-refractivity contribution is 5.98. The van der Waals surface area contributed by atoms with E-state index < -0.39 is 24.3 Å². The van der Waals surface area contributed by atoms with E-state index in [9.17, 15) is 14.0 Å². The number of rotatable bonds is 7. The summed E-state index contributed by atoms with van der Waals surface area (Å²) in [5.74, 6) is -1.58. The van der Waals surface area contributed by atoms with Crippen molar-refractivity contribution in [1.29, 1.82) is 0 Å². The Bertz CT molecular complexity index is 1120. The zero-order valence-electron chi connectivity index (χ0n) is 17.8. The van der Waals surface area contributed by atoms with Crippen molar-refractivity contribution >= 4 is 34.8 Å². The van der Waals surface area contributed by atoms with Gasteiger partial charge in [0.05, 0.1) is 18.9 Å². The first-order chi connectivity index (χ1) is 16.1. The average molecular weight is 450 g/mol. The maximum Gasteiger partial charge on any atom is 0.342 e. The van der Waals surface area contributed by atoms with E-state index in [1.54, 1.807) is 30.3 Å². The van der Waals surface area contributed by atoms with Crippen LogP contribution in [0.5, 0.6) is 0 Å². The summed E-state index contributed by atoms with van der Waals surface area (Å²) < 4.78 is 24.4. The number of pyridine rings is 1. The number of esters is 1. The van der Waals surface area contributed by atoms with Crippen molar-refractivity contribution in [3.63, 3.8) is 0 Å². The van der Waals surface area contributed by atoms with Crippen LogP contribution in [0.4, 0.5) is 27.3 Å². The Hall–Kier alpha value is -3.98. The molecule has 1 fully saturated rings. The Kier molecular flexibility index (Phi) is 7.11. The summed E-state index contributed by atoms with van der Waals surface area (Å²) in [4.78, 5) is 31.1. The van der Waals surface area contributed by atoms with Gasteiger partial charge in [-0.3, -0.25) is 4.79 Å². The molecule has 4 rings (SSSR count). The standard InChI is InChI=1S/C24H23FN4O4/c25-20-5-1-2-6-21(20)28-23-19(4-3-11-26-23)24(31)33-16-22(30)27-17-7-9-18(10-8-17)29-12-14-32-15-13-29/h1-11H,12-16H2,(H,26,28)(H,27,30). The molecule has 1 amide bonds. The van der Waals surface area contributed by atoms with Crippen molar-refractivity contribution in [3.8, 4) is 0 Å². The molecule has 0 unspecified atom stereocenters. The molecule has 2 heterocycles. The van der Waals surface area contributed by atoms with Crippen molar-refractivity contribution in [2.75, 3.05) is 48.4 Å². The second kappa shape index (κ2) is 10.6. The van der Waals surface area contributed by atoms with Gasteiger partial charge < -0.3 is 25.0 Å². The molecule has 9 heteroatoms. The Morgan fingerprint density at radius 3 is 2.55 bits per heavy atom. The van der Waals surface area contributed by atoms with Crippen molar-refractivity contribution < 1.29 is 23.5 Å². The molecule has 0 bridgehead atoms. The molecule has 2 aromatic carbocycles. The van der Waals surface area contributed by atoms with Crippen molar-refractivity contribution in [3.05, 3.63) is 78.2 Å². The number of carbonyl (C=O) groups is 2. The van der Waals surface area contributed by atoms with Gasteiger partial charge in [0.2, 0.25) is 0 Å². The summed E-state index contributed by atoms with van der Waals surface area (Å²) in [6.07, 6.45) is 1.47. The molecular formula is C24H23FN4O4.